The van der Waals surface area contributed by atoms with E-state index in [1.54, 1.807) is 49.6 Å². The highest BCUT2D eigenvalue weighted by molar-refractivity contribution is 6.43. The molecule has 2 heterocycles. The molecule has 8 rings (SSSR count). The first kappa shape index (κ1) is 32.3. The fraction of sp³-hybridized carbons (Fsp3) is 0.366. The van der Waals surface area contributed by atoms with Crippen molar-refractivity contribution in [2.45, 2.75) is 64.8 Å². The van der Waals surface area contributed by atoms with Gasteiger partial charge < -0.3 is 14.6 Å². The SMILES string of the molecule is CC.COC1(c2cc(O)ccc2/C=C/C2=CC(=C3C(=O)c4ccccc4C3=O)c3ccccc3O2)OOC12C(C)CC1CC(C)CC2C1. The first-order valence-corrected chi connectivity index (χ1v) is 17.1. The molecule has 2 saturated carbocycles. The number of Topliss-reactive ketones (excluding diaryl/α,β-unsaturated/α-hetero) is 2. The molecule has 7 heteroatoms. The smallest absolute Gasteiger partial charge is 0.261 e. The lowest BCUT2D eigenvalue weighted by molar-refractivity contribution is -0.641. The summed E-state index contributed by atoms with van der Waals surface area (Å²) in [4.78, 5) is 39.2. The molecule has 1 saturated heterocycles. The summed E-state index contributed by atoms with van der Waals surface area (Å²) < 4.78 is 12.6. The summed E-state index contributed by atoms with van der Waals surface area (Å²) in [5.41, 5.74) is 2.91. The van der Waals surface area contributed by atoms with Crippen molar-refractivity contribution in [3.8, 4) is 11.5 Å². The Kier molecular flexibility index (Phi) is 8.26. The van der Waals surface area contributed by atoms with E-state index in [9.17, 15) is 14.7 Å². The van der Waals surface area contributed by atoms with Gasteiger partial charge >= 0.3 is 0 Å². The minimum Gasteiger partial charge on any atom is -0.508 e. The van der Waals surface area contributed by atoms with Crippen molar-refractivity contribution in [2.75, 3.05) is 7.11 Å². The second kappa shape index (κ2) is 12.3. The number of methoxy groups -OCH3 is 1. The van der Waals surface area contributed by atoms with Crippen molar-refractivity contribution in [3.63, 3.8) is 0 Å². The zero-order chi connectivity index (χ0) is 33.8. The number of aromatic hydroxyl groups is 1. The first-order valence-electron chi connectivity index (χ1n) is 17.1. The van der Waals surface area contributed by atoms with Crippen LogP contribution in [0.1, 0.15) is 90.8 Å². The Labute approximate surface area is 281 Å². The fourth-order valence-electron chi connectivity index (χ4n) is 8.97. The van der Waals surface area contributed by atoms with Gasteiger partial charge in [0.05, 0.1) is 5.57 Å². The van der Waals surface area contributed by atoms with Crippen molar-refractivity contribution in [1.82, 2.24) is 0 Å². The van der Waals surface area contributed by atoms with Crippen molar-refractivity contribution >= 4 is 23.2 Å². The van der Waals surface area contributed by atoms with Crippen LogP contribution in [0.4, 0.5) is 0 Å². The van der Waals surface area contributed by atoms with E-state index >= 15 is 0 Å². The topological polar surface area (TPSA) is 91.3 Å². The van der Waals surface area contributed by atoms with Gasteiger partial charge in [0.2, 0.25) is 0 Å². The van der Waals surface area contributed by atoms with Crippen LogP contribution in [0.15, 0.2) is 90.2 Å². The molecule has 0 radical (unpaired) electrons. The third-order valence-corrected chi connectivity index (χ3v) is 10.8. The molecule has 3 aromatic carbocycles. The molecule has 0 aromatic heterocycles. The molecule has 5 aliphatic rings. The molecule has 48 heavy (non-hydrogen) atoms. The molecule has 2 aliphatic heterocycles. The number of carbonyl (C=O) groups is 2. The van der Waals surface area contributed by atoms with Crippen LogP contribution in [0.3, 0.4) is 0 Å². The van der Waals surface area contributed by atoms with Crippen molar-refractivity contribution < 1.29 is 33.9 Å². The van der Waals surface area contributed by atoms with E-state index in [1.807, 2.05) is 56.3 Å². The summed E-state index contributed by atoms with van der Waals surface area (Å²) >= 11 is 0. The Hall–Kier alpha value is -4.30. The van der Waals surface area contributed by atoms with Gasteiger partial charge in [-0.3, -0.25) is 9.59 Å². The van der Waals surface area contributed by atoms with Crippen LogP contribution in [-0.2, 0) is 20.3 Å². The van der Waals surface area contributed by atoms with E-state index in [0.717, 1.165) is 24.8 Å². The molecule has 2 bridgehead atoms. The number of carbonyl (C=O) groups excluding carboxylic acids is 2. The van der Waals surface area contributed by atoms with Crippen LogP contribution < -0.4 is 4.74 Å². The van der Waals surface area contributed by atoms with Gasteiger partial charge in [-0.2, -0.15) is 4.89 Å². The summed E-state index contributed by atoms with van der Waals surface area (Å²) in [6.07, 6.45) is 9.79. The van der Waals surface area contributed by atoms with E-state index in [-0.39, 0.29) is 34.7 Å². The Morgan fingerprint density at radius 3 is 2.19 bits per heavy atom. The third kappa shape index (κ3) is 4.74. The number of ketones is 2. The number of phenols is 1. The molecule has 3 fully saturated rings. The van der Waals surface area contributed by atoms with E-state index < -0.39 is 11.4 Å². The molecule has 6 atom stereocenters. The summed E-state index contributed by atoms with van der Waals surface area (Å²) in [5.74, 6) is 0.982. The van der Waals surface area contributed by atoms with Crippen LogP contribution in [0.25, 0.3) is 11.6 Å². The van der Waals surface area contributed by atoms with Gasteiger partial charge in [-0.25, -0.2) is 4.89 Å². The molecular weight excluding hydrogens is 604 g/mol. The van der Waals surface area contributed by atoms with Gasteiger partial charge in [0, 0.05) is 34.9 Å². The quantitative estimate of drug-likeness (QED) is 0.172. The second-order valence-corrected chi connectivity index (χ2v) is 13.5. The molecule has 3 aromatic rings. The van der Waals surface area contributed by atoms with Gasteiger partial charge in [-0.05, 0) is 85.3 Å². The number of rotatable bonds is 4. The normalized spacial score (nSPS) is 30.2. The lowest BCUT2D eigenvalue weighted by atomic mass is 9.54. The predicted octanol–water partition coefficient (Wildman–Crippen LogP) is 8.83. The molecular formula is C41H42O7. The van der Waals surface area contributed by atoms with Crippen LogP contribution in [0.5, 0.6) is 11.5 Å². The number of hydrogen-bond acceptors (Lipinski definition) is 7. The van der Waals surface area contributed by atoms with Gasteiger partial charge in [0.25, 0.3) is 5.79 Å². The van der Waals surface area contributed by atoms with Crippen molar-refractivity contribution in [1.29, 1.82) is 0 Å². The Morgan fingerprint density at radius 1 is 0.833 bits per heavy atom. The monoisotopic (exact) mass is 646 g/mol. The zero-order valence-corrected chi connectivity index (χ0v) is 28.1. The van der Waals surface area contributed by atoms with Crippen molar-refractivity contribution in [3.05, 3.63) is 118 Å². The second-order valence-electron chi connectivity index (χ2n) is 13.5. The molecule has 6 unspecified atom stereocenters. The van der Waals surface area contributed by atoms with Crippen LogP contribution in [0, 0.1) is 23.7 Å². The molecule has 1 spiro atoms. The minimum atomic E-state index is -1.21. The summed E-state index contributed by atoms with van der Waals surface area (Å²) in [6.45, 7) is 8.53. The van der Waals surface area contributed by atoms with Crippen LogP contribution in [0.2, 0.25) is 0 Å². The highest BCUT2D eigenvalue weighted by Gasteiger charge is 2.74. The number of ether oxygens (including phenoxy) is 2. The average Bonchev–Trinajstić information content (AvgIpc) is 3.33. The number of benzene rings is 3. The zero-order valence-electron chi connectivity index (χ0n) is 28.1. The van der Waals surface area contributed by atoms with Crippen LogP contribution in [-0.4, -0.2) is 29.4 Å². The number of hydrogen-bond donors (Lipinski definition) is 1. The highest BCUT2D eigenvalue weighted by Crippen LogP contribution is 2.65. The van der Waals surface area contributed by atoms with E-state index in [4.69, 9.17) is 19.2 Å². The highest BCUT2D eigenvalue weighted by atomic mass is 17.3. The summed E-state index contributed by atoms with van der Waals surface area (Å²) in [7, 11) is 1.64. The average molecular weight is 647 g/mol. The molecule has 3 aliphatic carbocycles. The van der Waals surface area contributed by atoms with Crippen LogP contribution >= 0.6 is 0 Å². The summed E-state index contributed by atoms with van der Waals surface area (Å²) in [6, 6.07) is 19.5. The van der Waals surface area contributed by atoms with E-state index in [1.165, 1.54) is 6.42 Å². The van der Waals surface area contributed by atoms with Gasteiger partial charge in [0.1, 0.15) is 17.3 Å². The molecule has 1 N–H and O–H groups in total. The Bertz CT molecular complexity index is 1840. The van der Waals surface area contributed by atoms with Crippen molar-refractivity contribution in [2.24, 2.45) is 23.7 Å². The van der Waals surface area contributed by atoms with Gasteiger partial charge in [-0.15, -0.1) is 0 Å². The maximum Gasteiger partial charge on any atom is 0.261 e. The lowest BCUT2D eigenvalue weighted by Gasteiger charge is -2.65. The Balaban J connectivity index is 0.00000179. The molecule has 7 nitrogen and oxygen atoms in total. The van der Waals surface area contributed by atoms with E-state index in [2.05, 4.69) is 13.8 Å². The Morgan fingerprint density at radius 2 is 1.52 bits per heavy atom. The molecule has 0 amide bonds. The van der Waals surface area contributed by atoms with E-state index in [0.29, 0.717) is 51.2 Å². The van der Waals surface area contributed by atoms with Gasteiger partial charge in [0.15, 0.2) is 17.2 Å². The largest absolute Gasteiger partial charge is 0.508 e. The minimum absolute atomic E-state index is 0.0967. The van der Waals surface area contributed by atoms with Gasteiger partial charge in [-0.1, -0.05) is 82.3 Å². The number of para-hydroxylation sites is 1. The maximum atomic E-state index is 13.5. The standard InChI is InChI=1S/C39H36O7.C2H6/c1-22-16-24-18-23(2)38(26(17-22)19-24)39(43-3,46-45-38)33-20-27(40)14-12-25(33)13-15-28-21-32(29-8-6-7-11-34(29)44-28)35-36(41)30-9-4-5-10-31(30)37(35)42;1-2/h4-15,20-24,26,40H,16-19H2,1-3H3;1-2H3/b15-13+;. The summed E-state index contributed by atoms with van der Waals surface area (Å²) in [5, 5.41) is 10.7. The lowest BCUT2D eigenvalue weighted by Crippen LogP contribution is -2.74. The fourth-order valence-corrected chi connectivity index (χ4v) is 8.97. The third-order valence-electron chi connectivity index (χ3n) is 10.8. The predicted molar refractivity (Wildman–Crippen MR) is 183 cm³/mol. The molecule has 248 valence electrons. The maximum absolute atomic E-state index is 13.5. The number of allylic oxidation sites excluding steroid dienone is 4. The number of fused-ring (bicyclic) bond motifs is 5. The number of phenolic OH excluding ortho intramolecular Hbond substituents is 1. The first-order chi connectivity index (χ1) is 23.3.